The van der Waals surface area contributed by atoms with Crippen LogP contribution in [0.2, 0.25) is 5.02 Å². The Kier molecular flexibility index (Phi) is 5.43. The number of hydrogen-bond donors (Lipinski definition) is 2. The van der Waals surface area contributed by atoms with E-state index in [4.69, 9.17) is 11.6 Å². The second kappa shape index (κ2) is 8.17. The third-order valence-corrected chi connectivity index (χ3v) is 5.59. The van der Waals surface area contributed by atoms with Crippen molar-refractivity contribution in [2.24, 2.45) is 9.98 Å². The lowest BCUT2D eigenvalue weighted by atomic mass is 10.1. The molecular formula is C21H13ClFN3O3S. The summed E-state index contributed by atoms with van der Waals surface area (Å²) in [6, 6.07) is 12.2. The number of aliphatic imine (C=N–C) groups is 2. The van der Waals surface area contributed by atoms with Crippen molar-refractivity contribution in [3.63, 3.8) is 0 Å². The average molecular weight is 442 g/mol. The molecule has 2 N–H and O–H groups in total. The van der Waals surface area contributed by atoms with Crippen molar-refractivity contribution >= 4 is 52.4 Å². The highest BCUT2D eigenvalue weighted by atomic mass is 35.5. The number of hydrogen-bond acceptors (Lipinski definition) is 5. The Balaban J connectivity index is 1.62. The van der Waals surface area contributed by atoms with Gasteiger partial charge in [0.05, 0.1) is 22.5 Å². The van der Waals surface area contributed by atoms with Gasteiger partial charge in [0.15, 0.2) is 6.17 Å². The van der Waals surface area contributed by atoms with Gasteiger partial charge in [-0.2, -0.15) is 0 Å². The smallest absolute Gasteiger partial charge is 0.339 e. The molecular weight excluding hydrogens is 429 g/mol. The van der Waals surface area contributed by atoms with Crippen LogP contribution in [-0.4, -0.2) is 28.9 Å². The van der Waals surface area contributed by atoms with E-state index in [9.17, 15) is 19.1 Å². The zero-order valence-corrected chi connectivity index (χ0v) is 16.7. The number of carbonyl (C=O) groups excluding carboxylic acids is 1. The molecule has 1 aliphatic rings. The second-order valence-corrected chi connectivity index (χ2v) is 7.66. The van der Waals surface area contributed by atoms with Gasteiger partial charge in [0, 0.05) is 16.0 Å². The van der Waals surface area contributed by atoms with Crippen LogP contribution < -0.4 is 5.32 Å². The molecule has 9 heteroatoms. The van der Waals surface area contributed by atoms with Gasteiger partial charge in [0.2, 0.25) is 0 Å². The van der Waals surface area contributed by atoms with Crippen LogP contribution in [0.25, 0.3) is 0 Å². The van der Waals surface area contributed by atoms with E-state index in [1.807, 2.05) is 0 Å². The van der Waals surface area contributed by atoms with Crippen molar-refractivity contribution in [1.29, 1.82) is 0 Å². The normalized spacial score (nSPS) is 15.1. The highest BCUT2D eigenvalue weighted by molar-refractivity contribution is 7.14. The fourth-order valence-electron chi connectivity index (χ4n) is 2.93. The number of nitrogens with zero attached hydrogens (tertiary/aromatic N) is 2. The van der Waals surface area contributed by atoms with E-state index in [0.29, 0.717) is 15.6 Å². The number of carbonyl (C=O) groups is 2. The van der Waals surface area contributed by atoms with Gasteiger partial charge in [-0.1, -0.05) is 29.8 Å². The first-order chi connectivity index (χ1) is 14.4. The molecule has 1 atom stereocenters. The van der Waals surface area contributed by atoms with Crippen LogP contribution in [0.5, 0.6) is 0 Å². The van der Waals surface area contributed by atoms with E-state index in [1.165, 1.54) is 29.8 Å². The molecule has 0 radical (unpaired) electrons. The van der Waals surface area contributed by atoms with Crippen LogP contribution in [-0.2, 0) is 0 Å². The monoisotopic (exact) mass is 441 g/mol. The van der Waals surface area contributed by atoms with Crippen molar-refractivity contribution in [3.8, 4) is 0 Å². The van der Waals surface area contributed by atoms with E-state index < -0.39 is 23.9 Å². The summed E-state index contributed by atoms with van der Waals surface area (Å²) >= 11 is 7.03. The van der Waals surface area contributed by atoms with Gasteiger partial charge >= 0.3 is 5.97 Å². The summed E-state index contributed by atoms with van der Waals surface area (Å²) in [6.45, 7) is 0. The van der Waals surface area contributed by atoms with E-state index >= 15 is 0 Å². The largest absolute Gasteiger partial charge is 0.478 e. The van der Waals surface area contributed by atoms with Gasteiger partial charge in [0.25, 0.3) is 5.91 Å². The van der Waals surface area contributed by atoms with Crippen LogP contribution in [0, 0.1) is 5.82 Å². The van der Waals surface area contributed by atoms with E-state index in [-0.39, 0.29) is 16.8 Å². The second-order valence-electron chi connectivity index (χ2n) is 6.34. The van der Waals surface area contributed by atoms with Crippen molar-refractivity contribution in [3.05, 3.63) is 86.3 Å². The van der Waals surface area contributed by atoms with Crippen LogP contribution in [0.4, 0.5) is 10.1 Å². The first-order valence-corrected chi connectivity index (χ1v) is 9.96. The van der Waals surface area contributed by atoms with Crippen LogP contribution in [0.15, 0.2) is 63.9 Å². The molecule has 0 bridgehead atoms. The van der Waals surface area contributed by atoms with Gasteiger partial charge in [-0.25, -0.2) is 9.18 Å². The lowest BCUT2D eigenvalue weighted by Crippen LogP contribution is -2.15. The first kappa shape index (κ1) is 19.9. The molecule has 0 aliphatic carbocycles. The number of benzene rings is 2. The van der Waals surface area contributed by atoms with Gasteiger partial charge in [-0.3, -0.25) is 14.8 Å². The van der Waals surface area contributed by atoms with Crippen molar-refractivity contribution in [2.45, 2.75) is 6.17 Å². The molecule has 0 fully saturated rings. The number of nitrogens with one attached hydrogen (secondary N) is 1. The topological polar surface area (TPSA) is 91.1 Å². The predicted octanol–water partition coefficient (Wildman–Crippen LogP) is 5.06. The Morgan fingerprint density at radius 2 is 1.93 bits per heavy atom. The molecule has 1 aliphatic heterocycles. The molecule has 150 valence electrons. The maximum Gasteiger partial charge on any atom is 0.339 e. The number of carboxylic acids is 1. The van der Waals surface area contributed by atoms with Crippen LogP contribution in [0.1, 0.15) is 37.3 Å². The molecule has 3 aromatic rings. The predicted molar refractivity (Wildman–Crippen MR) is 115 cm³/mol. The summed E-state index contributed by atoms with van der Waals surface area (Å²) in [5.74, 6) is -2.38. The Morgan fingerprint density at radius 3 is 2.63 bits per heavy atom. The van der Waals surface area contributed by atoms with Gasteiger partial charge < -0.3 is 10.4 Å². The number of amides is 1. The Labute approximate surface area is 179 Å². The Bertz CT molecular complexity index is 1200. The SMILES string of the molecule is O=C(Nc1csc(C2=NC(c3ccc(Cl)cc3)N=C2)c1C(=O)O)c1cccc(F)c1. The van der Waals surface area contributed by atoms with Crippen LogP contribution >= 0.6 is 22.9 Å². The minimum Gasteiger partial charge on any atom is -0.478 e. The maximum atomic E-state index is 13.4. The molecule has 0 saturated carbocycles. The molecule has 2 heterocycles. The summed E-state index contributed by atoms with van der Waals surface area (Å²) in [5.41, 5.74) is 1.33. The summed E-state index contributed by atoms with van der Waals surface area (Å²) in [4.78, 5) is 33.5. The third-order valence-electron chi connectivity index (χ3n) is 4.34. The lowest BCUT2D eigenvalue weighted by molar-refractivity contribution is 0.0698. The summed E-state index contributed by atoms with van der Waals surface area (Å²) in [5, 5.41) is 14.4. The zero-order chi connectivity index (χ0) is 21.3. The fraction of sp³-hybridized carbons (Fsp3) is 0.0476. The van der Waals surface area contributed by atoms with Gasteiger partial charge in [-0.15, -0.1) is 11.3 Å². The quantitative estimate of drug-likeness (QED) is 0.579. The molecule has 6 nitrogen and oxygen atoms in total. The first-order valence-electron chi connectivity index (χ1n) is 8.71. The van der Waals surface area contributed by atoms with E-state index in [0.717, 1.165) is 23.0 Å². The molecule has 4 rings (SSSR count). The van der Waals surface area contributed by atoms with Crippen molar-refractivity contribution < 1.29 is 19.1 Å². The molecule has 2 aromatic carbocycles. The van der Waals surface area contributed by atoms with Crippen molar-refractivity contribution in [2.75, 3.05) is 5.32 Å². The standard InChI is InChI=1S/C21H13ClFN3O3S/c22-13-6-4-11(5-7-13)19-24-9-15(25-19)18-17(21(28)29)16(10-30-18)26-20(27)12-2-1-3-14(23)8-12/h1-10,19H,(H,26,27)(H,28,29). The molecule has 30 heavy (non-hydrogen) atoms. The number of carboxylic acid groups (broad SMARTS) is 1. The Hall–Kier alpha value is -3.36. The zero-order valence-electron chi connectivity index (χ0n) is 15.2. The number of thiophene rings is 1. The number of aromatic carboxylic acids is 1. The fourth-order valence-corrected chi connectivity index (χ4v) is 4.01. The molecule has 0 spiro atoms. The maximum absolute atomic E-state index is 13.4. The minimum atomic E-state index is -1.22. The molecule has 0 saturated heterocycles. The van der Waals surface area contributed by atoms with Crippen molar-refractivity contribution in [1.82, 2.24) is 0 Å². The van der Waals surface area contributed by atoms with E-state index in [2.05, 4.69) is 15.3 Å². The number of rotatable bonds is 5. The molecule has 1 unspecified atom stereocenters. The molecule has 1 aromatic heterocycles. The van der Waals surface area contributed by atoms with Gasteiger partial charge in [0.1, 0.15) is 11.4 Å². The van der Waals surface area contributed by atoms with Crippen LogP contribution in [0.3, 0.4) is 0 Å². The minimum absolute atomic E-state index is 0.0849. The highest BCUT2D eigenvalue weighted by Gasteiger charge is 2.26. The highest BCUT2D eigenvalue weighted by Crippen LogP contribution is 2.32. The van der Waals surface area contributed by atoms with E-state index in [1.54, 1.807) is 24.3 Å². The lowest BCUT2D eigenvalue weighted by Gasteiger charge is -2.06. The summed E-state index contributed by atoms with van der Waals surface area (Å²) < 4.78 is 13.4. The number of halogens is 2. The van der Waals surface area contributed by atoms with Gasteiger partial charge in [-0.05, 0) is 35.9 Å². The Morgan fingerprint density at radius 1 is 1.17 bits per heavy atom. The summed E-state index contributed by atoms with van der Waals surface area (Å²) in [7, 11) is 0. The number of anilines is 1. The third kappa shape index (κ3) is 4.00. The summed E-state index contributed by atoms with van der Waals surface area (Å²) in [6.07, 6.45) is 1.02. The average Bonchev–Trinajstić information content (AvgIpc) is 3.35. The molecule has 1 amide bonds.